The summed E-state index contributed by atoms with van der Waals surface area (Å²) in [5, 5.41) is 14.4. The molecule has 2 atom stereocenters. The standard InChI is InChI=1S/C34H54N4O3/c1-10-12-13-17-30(41-33(4,5)6)24(3)23-38(9)29-16-14-15-25-18-19-26(22-27(25)29)28(34(7,8)32(39)40)20-21-31(35)37-36-11-2/h10,12-13,17-19,22,28-29,36H,11,14-16,20-21,23H2,1-9H3,(H2,35,37)(H,39,40)/b12-10-,17-13-,30-24-. The molecule has 1 aliphatic rings. The minimum absolute atomic E-state index is 0.210. The molecular formula is C34H54N4O3. The number of likely N-dealkylation sites (N-methyl/N-ethyl adjacent to an activating group) is 1. The van der Waals surface area contributed by atoms with Crippen LogP contribution in [0.15, 0.2) is 58.9 Å². The third-order valence-electron chi connectivity index (χ3n) is 7.75. The number of fused-ring (bicyclic) bond motifs is 1. The van der Waals surface area contributed by atoms with Crippen molar-refractivity contribution in [2.24, 2.45) is 16.3 Å². The van der Waals surface area contributed by atoms with Gasteiger partial charge in [-0.1, -0.05) is 36.4 Å². The fourth-order valence-corrected chi connectivity index (χ4v) is 5.50. The van der Waals surface area contributed by atoms with Crippen LogP contribution in [0.5, 0.6) is 0 Å². The highest BCUT2D eigenvalue weighted by molar-refractivity contribution is 5.80. The molecule has 0 aliphatic heterocycles. The van der Waals surface area contributed by atoms with Crippen LogP contribution >= 0.6 is 0 Å². The third-order valence-corrected chi connectivity index (χ3v) is 7.75. The number of nitrogens with one attached hydrogen (secondary N) is 1. The van der Waals surface area contributed by atoms with Crippen molar-refractivity contribution in [2.45, 2.75) is 105 Å². The van der Waals surface area contributed by atoms with E-state index < -0.39 is 11.4 Å². The number of hydrazone groups is 1. The Morgan fingerprint density at radius 3 is 2.59 bits per heavy atom. The molecule has 4 N–H and O–H groups in total. The molecule has 1 aromatic rings. The van der Waals surface area contributed by atoms with Gasteiger partial charge in [0.1, 0.15) is 17.2 Å². The largest absolute Gasteiger partial charge is 0.488 e. The van der Waals surface area contributed by atoms with Crippen LogP contribution in [0.25, 0.3) is 0 Å². The van der Waals surface area contributed by atoms with Gasteiger partial charge in [-0.25, -0.2) is 0 Å². The Kier molecular flexibility index (Phi) is 12.7. The quantitative estimate of drug-likeness (QED) is 0.0732. The van der Waals surface area contributed by atoms with Crippen molar-refractivity contribution in [3.63, 3.8) is 0 Å². The molecule has 2 unspecified atom stereocenters. The number of aliphatic carboxylic acids is 1. The smallest absolute Gasteiger partial charge is 0.309 e. The minimum atomic E-state index is -0.958. The van der Waals surface area contributed by atoms with Crippen molar-refractivity contribution in [3.8, 4) is 0 Å². The number of hydrogen-bond donors (Lipinski definition) is 3. The second kappa shape index (κ2) is 15.2. The lowest BCUT2D eigenvalue weighted by atomic mass is 9.71. The maximum atomic E-state index is 12.4. The Bertz CT molecular complexity index is 1140. The number of benzene rings is 1. The predicted octanol–water partition coefficient (Wildman–Crippen LogP) is 7.07. The van der Waals surface area contributed by atoms with E-state index in [1.807, 2.05) is 52.0 Å². The van der Waals surface area contributed by atoms with Crippen molar-refractivity contribution >= 4 is 11.8 Å². The molecule has 0 fully saturated rings. The Morgan fingerprint density at radius 1 is 1.27 bits per heavy atom. The molecule has 0 spiro atoms. The second-order valence-electron chi connectivity index (χ2n) is 12.8. The number of nitrogens with two attached hydrogens (primary N) is 1. The van der Waals surface area contributed by atoms with Gasteiger partial charge in [-0.15, -0.1) is 0 Å². The van der Waals surface area contributed by atoms with Gasteiger partial charge in [0.25, 0.3) is 0 Å². The van der Waals surface area contributed by atoms with Crippen LogP contribution in [0.2, 0.25) is 0 Å². The number of aryl methyl sites for hydroxylation is 1. The van der Waals surface area contributed by atoms with Gasteiger partial charge >= 0.3 is 5.97 Å². The van der Waals surface area contributed by atoms with E-state index in [1.54, 1.807) is 0 Å². The molecule has 228 valence electrons. The zero-order valence-electron chi connectivity index (χ0n) is 26.9. The minimum Gasteiger partial charge on any atom is -0.488 e. The number of carboxylic acids is 1. The summed E-state index contributed by atoms with van der Waals surface area (Å²) >= 11 is 0. The molecule has 0 radical (unpaired) electrons. The Hall–Kier alpha value is -3.06. The summed E-state index contributed by atoms with van der Waals surface area (Å²) in [5.74, 6) is 0.368. The lowest BCUT2D eigenvalue weighted by Gasteiger charge is -2.36. The molecule has 2 rings (SSSR count). The molecular weight excluding hydrogens is 512 g/mol. The summed E-state index contributed by atoms with van der Waals surface area (Å²) in [4.78, 5) is 14.8. The molecule has 7 heteroatoms. The van der Waals surface area contributed by atoms with Crippen molar-refractivity contribution in [2.75, 3.05) is 20.1 Å². The number of allylic oxidation sites excluding steroid dienone is 4. The van der Waals surface area contributed by atoms with Gasteiger partial charge in [-0.2, -0.15) is 5.10 Å². The average Bonchev–Trinajstić information content (AvgIpc) is 2.90. The number of carboxylic acid groups (broad SMARTS) is 1. The van der Waals surface area contributed by atoms with Gasteiger partial charge in [0.05, 0.1) is 5.41 Å². The maximum absolute atomic E-state index is 12.4. The molecule has 41 heavy (non-hydrogen) atoms. The second-order valence-corrected chi connectivity index (χ2v) is 12.8. The zero-order valence-corrected chi connectivity index (χ0v) is 26.9. The van der Waals surface area contributed by atoms with Crippen LogP contribution in [0.1, 0.15) is 110 Å². The monoisotopic (exact) mass is 566 g/mol. The fourth-order valence-electron chi connectivity index (χ4n) is 5.50. The van der Waals surface area contributed by atoms with E-state index in [-0.39, 0.29) is 17.6 Å². The van der Waals surface area contributed by atoms with E-state index in [1.165, 1.54) is 16.7 Å². The van der Waals surface area contributed by atoms with Crippen LogP contribution in [-0.4, -0.2) is 47.5 Å². The Labute approximate surface area is 248 Å². The summed E-state index contributed by atoms with van der Waals surface area (Å²) in [6, 6.07) is 6.83. The maximum Gasteiger partial charge on any atom is 0.309 e. The van der Waals surface area contributed by atoms with E-state index in [2.05, 4.69) is 68.4 Å². The molecule has 0 bridgehead atoms. The van der Waals surface area contributed by atoms with Gasteiger partial charge < -0.3 is 21.0 Å². The summed E-state index contributed by atoms with van der Waals surface area (Å²) in [6.07, 6.45) is 12.4. The highest BCUT2D eigenvalue weighted by Crippen LogP contribution is 2.42. The van der Waals surface area contributed by atoms with E-state index in [4.69, 9.17) is 10.5 Å². The van der Waals surface area contributed by atoms with Gasteiger partial charge in [0.15, 0.2) is 0 Å². The summed E-state index contributed by atoms with van der Waals surface area (Å²) in [6.45, 7) is 17.4. The van der Waals surface area contributed by atoms with E-state index >= 15 is 0 Å². The first-order chi connectivity index (χ1) is 19.2. The van der Waals surface area contributed by atoms with Crippen molar-refractivity contribution in [1.82, 2.24) is 10.3 Å². The molecule has 7 nitrogen and oxygen atoms in total. The van der Waals surface area contributed by atoms with Gasteiger partial charge in [-0.3, -0.25) is 9.69 Å². The number of rotatable bonds is 14. The fraction of sp³-hybridized carbons (Fsp3) is 0.588. The molecule has 0 aromatic heterocycles. The number of hydrogen-bond acceptors (Lipinski definition) is 5. The number of amidine groups is 1. The van der Waals surface area contributed by atoms with Gasteiger partial charge in [0, 0.05) is 25.6 Å². The highest BCUT2D eigenvalue weighted by atomic mass is 16.5. The van der Waals surface area contributed by atoms with Crippen molar-refractivity contribution in [3.05, 3.63) is 70.5 Å². The molecule has 0 saturated carbocycles. The first kappa shape index (κ1) is 34.1. The Morgan fingerprint density at radius 2 is 1.98 bits per heavy atom. The molecule has 0 amide bonds. The summed E-state index contributed by atoms with van der Waals surface area (Å²) < 4.78 is 6.34. The zero-order chi connectivity index (χ0) is 30.8. The molecule has 0 saturated heterocycles. The topological polar surface area (TPSA) is 100 Å². The van der Waals surface area contributed by atoms with E-state index in [0.717, 1.165) is 37.1 Å². The first-order valence-corrected chi connectivity index (χ1v) is 15.0. The SMILES string of the molecule is C\C=C/C=C\C(OC(C)(C)C)=C(/C)CN(C)C1CCCc2ccc(C(CC/C(N)=N/NCC)C(C)(C)C(=O)O)cc21. The van der Waals surface area contributed by atoms with E-state index in [9.17, 15) is 9.90 Å². The number of ether oxygens (including phenoxy) is 1. The van der Waals surface area contributed by atoms with Crippen molar-refractivity contribution < 1.29 is 14.6 Å². The molecule has 1 aliphatic carbocycles. The van der Waals surface area contributed by atoms with Crippen LogP contribution < -0.4 is 11.2 Å². The normalized spacial score (nSPS) is 18.0. The summed E-state index contributed by atoms with van der Waals surface area (Å²) in [5.41, 5.74) is 12.6. The molecule has 1 aromatic carbocycles. The van der Waals surface area contributed by atoms with Crippen LogP contribution in [-0.2, 0) is 16.0 Å². The highest BCUT2D eigenvalue weighted by Gasteiger charge is 2.38. The predicted molar refractivity (Wildman–Crippen MR) is 171 cm³/mol. The lowest BCUT2D eigenvalue weighted by molar-refractivity contribution is -0.148. The van der Waals surface area contributed by atoms with Crippen LogP contribution in [0.3, 0.4) is 0 Å². The molecule has 0 heterocycles. The van der Waals surface area contributed by atoms with Crippen molar-refractivity contribution in [1.29, 1.82) is 0 Å². The van der Waals surface area contributed by atoms with Crippen LogP contribution in [0, 0.1) is 5.41 Å². The van der Waals surface area contributed by atoms with Gasteiger partial charge in [-0.05, 0) is 122 Å². The lowest BCUT2D eigenvalue weighted by Crippen LogP contribution is -2.33. The average molecular weight is 567 g/mol. The number of nitrogens with zero attached hydrogens (tertiary/aromatic N) is 2. The third kappa shape index (κ3) is 10.1. The van der Waals surface area contributed by atoms with E-state index in [0.29, 0.717) is 25.2 Å². The van der Waals surface area contributed by atoms with Gasteiger partial charge in [0.2, 0.25) is 0 Å². The van der Waals surface area contributed by atoms with Crippen LogP contribution in [0.4, 0.5) is 0 Å². The first-order valence-electron chi connectivity index (χ1n) is 15.0. The number of carbonyl (C=O) groups is 1. The summed E-state index contributed by atoms with van der Waals surface area (Å²) in [7, 11) is 2.18. The Balaban J connectivity index is 2.44.